The van der Waals surface area contributed by atoms with Gasteiger partial charge in [0.25, 0.3) is 0 Å². The molecule has 2 heteroatoms. The van der Waals surface area contributed by atoms with Gasteiger partial charge in [-0.1, -0.05) is 41.0 Å². The SMILES string of the molecule is CCCC(C)C(=O)CCC(CCN)C(C)(C)C. The molecule has 0 rings (SSSR count). The van der Waals surface area contributed by atoms with E-state index < -0.39 is 0 Å². The Hall–Kier alpha value is -0.370. The Balaban J connectivity index is 4.17. The molecular weight excluding hydrogens is 210 g/mol. The fourth-order valence-electron chi connectivity index (χ4n) is 2.37. The van der Waals surface area contributed by atoms with Gasteiger partial charge in [-0.25, -0.2) is 0 Å². The van der Waals surface area contributed by atoms with Gasteiger partial charge in [-0.05, 0) is 37.1 Å². The Bertz CT molecular complexity index is 217. The lowest BCUT2D eigenvalue weighted by Crippen LogP contribution is -2.25. The Kier molecular flexibility index (Phi) is 7.69. The van der Waals surface area contributed by atoms with Crippen molar-refractivity contribution in [1.82, 2.24) is 0 Å². The van der Waals surface area contributed by atoms with Crippen molar-refractivity contribution in [1.29, 1.82) is 0 Å². The van der Waals surface area contributed by atoms with Crippen molar-refractivity contribution in [3.63, 3.8) is 0 Å². The van der Waals surface area contributed by atoms with E-state index in [0.717, 1.165) is 38.6 Å². The standard InChI is InChI=1S/C15H31NO/c1-6-7-12(2)14(17)9-8-13(10-11-16)15(3,4)5/h12-13H,6-11,16H2,1-5H3. The highest BCUT2D eigenvalue weighted by atomic mass is 16.1. The Morgan fingerprint density at radius 3 is 2.18 bits per heavy atom. The number of rotatable bonds is 8. The van der Waals surface area contributed by atoms with Crippen LogP contribution in [0.25, 0.3) is 0 Å². The summed E-state index contributed by atoms with van der Waals surface area (Å²) in [6.07, 6.45) is 4.87. The van der Waals surface area contributed by atoms with Crippen LogP contribution in [-0.4, -0.2) is 12.3 Å². The van der Waals surface area contributed by atoms with Crippen LogP contribution in [0.1, 0.15) is 66.7 Å². The van der Waals surface area contributed by atoms with Crippen LogP contribution in [0, 0.1) is 17.3 Å². The van der Waals surface area contributed by atoms with Crippen LogP contribution in [0.4, 0.5) is 0 Å². The minimum Gasteiger partial charge on any atom is -0.330 e. The monoisotopic (exact) mass is 241 g/mol. The third kappa shape index (κ3) is 6.82. The molecule has 17 heavy (non-hydrogen) atoms. The van der Waals surface area contributed by atoms with Crippen molar-refractivity contribution in [2.45, 2.75) is 66.7 Å². The van der Waals surface area contributed by atoms with E-state index in [1.807, 2.05) is 0 Å². The molecule has 0 amide bonds. The quantitative estimate of drug-likeness (QED) is 0.702. The van der Waals surface area contributed by atoms with E-state index in [2.05, 4.69) is 34.6 Å². The third-order valence-electron chi connectivity index (χ3n) is 3.75. The Labute approximate surface area is 107 Å². The summed E-state index contributed by atoms with van der Waals surface area (Å²) >= 11 is 0. The van der Waals surface area contributed by atoms with Crippen LogP contribution in [0.15, 0.2) is 0 Å². The maximum atomic E-state index is 11.9. The molecule has 0 saturated heterocycles. The van der Waals surface area contributed by atoms with Crippen LogP contribution in [0.5, 0.6) is 0 Å². The van der Waals surface area contributed by atoms with Crippen LogP contribution in [-0.2, 0) is 4.79 Å². The predicted molar refractivity (Wildman–Crippen MR) is 74.9 cm³/mol. The van der Waals surface area contributed by atoms with Gasteiger partial charge >= 0.3 is 0 Å². The highest BCUT2D eigenvalue weighted by Gasteiger charge is 2.25. The van der Waals surface area contributed by atoms with Crippen molar-refractivity contribution < 1.29 is 4.79 Å². The van der Waals surface area contributed by atoms with Gasteiger partial charge in [0.1, 0.15) is 5.78 Å². The van der Waals surface area contributed by atoms with Gasteiger partial charge in [-0.15, -0.1) is 0 Å². The largest absolute Gasteiger partial charge is 0.330 e. The van der Waals surface area contributed by atoms with E-state index >= 15 is 0 Å². The maximum Gasteiger partial charge on any atom is 0.135 e. The number of hydrogen-bond donors (Lipinski definition) is 1. The number of carbonyl (C=O) groups is 1. The minimum absolute atomic E-state index is 0.235. The van der Waals surface area contributed by atoms with Crippen molar-refractivity contribution in [2.75, 3.05) is 6.54 Å². The number of Topliss-reactive ketones (excluding diaryl/α,β-unsaturated/α-hetero) is 1. The summed E-state index contributed by atoms with van der Waals surface area (Å²) in [5, 5.41) is 0. The summed E-state index contributed by atoms with van der Waals surface area (Å²) in [5.41, 5.74) is 5.91. The van der Waals surface area contributed by atoms with Gasteiger partial charge in [0, 0.05) is 12.3 Å². The number of hydrogen-bond acceptors (Lipinski definition) is 2. The van der Waals surface area contributed by atoms with E-state index in [9.17, 15) is 4.79 Å². The zero-order valence-electron chi connectivity index (χ0n) is 12.4. The van der Waals surface area contributed by atoms with Gasteiger partial charge in [0.2, 0.25) is 0 Å². The van der Waals surface area contributed by atoms with E-state index in [-0.39, 0.29) is 11.3 Å². The molecule has 0 heterocycles. The summed E-state index contributed by atoms with van der Waals surface area (Å²) in [4.78, 5) is 11.9. The average Bonchev–Trinajstić information content (AvgIpc) is 2.22. The Morgan fingerprint density at radius 2 is 1.76 bits per heavy atom. The molecule has 0 aromatic carbocycles. The summed E-state index contributed by atoms with van der Waals surface area (Å²) < 4.78 is 0. The zero-order chi connectivity index (χ0) is 13.5. The third-order valence-corrected chi connectivity index (χ3v) is 3.75. The molecule has 0 spiro atoms. The molecule has 0 aliphatic heterocycles. The molecule has 102 valence electrons. The molecule has 2 atom stereocenters. The molecule has 2 N–H and O–H groups in total. The van der Waals surface area contributed by atoms with Crippen LogP contribution < -0.4 is 5.73 Å². The second kappa shape index (κ2) is 7.86. The van der Waals surface area contributed by atoms with E-state index in [4.69, 9.17) is 5.73 Å². The maximum absolute atomic E-state index is 11.9. The Morgan fingerprint density at radius 1 is 1.18 bits per heavy atom. The van der Waals surface area contributed by atoms with Crippen molar-refractivity contribution in [3.05, 3.63) is 0 Å². The van der Waals surface area contributed by atoms with Gasteiger partial charge in [-0.2, -0.15) is 0 Å². The topological polar surface area (TPSA) is 43.1 Å². The highest BCUT2D eigenvalue weighted by Crippen LogP contribution is 2.32. The molecule has 0 aliphatic carbocycles. The summed E-state index contributed by atoms with van der Waals surface area (Å²) in [6.45, 7) is 11.6. The van der Waals surface area contributed by atoms with Crippen LogP contribution >= 0.6 is 0 Å². The number of nitrogens with two attached hydrogens (primary N) is 1. The lowest BCUT2D eigenvalue weighted by Gasteiger charge is -2.30. The molecule has 0 aromatic rings. The minimum atomic E-state index is 0.235. The van der Waals surface area contributed by atoms with Gasteiger partial charge < -0.3 is 5.73 Å². The second-order valence-corrected chi connectivity index (χ2v) is 6.34. The van der Waals surface area contributed by atoms with Crippen molar-refractivity contribution >= 4 is 5.78 Å². The molecule has 0 bridgehead atoms. The first-order chi connectivity index (χ1) is 7.82. The summed E-state index contributed by atoms with van der Waals surface area (Å²) in [6, 6.07) is 0. The first-order valence-electron chi connectivity index (χ1n) is 7.05. The van der Waals surface area contributed by atoms with Crippen LogP contribution in [0.3, 0.4) is 0 Å². The molecule has 0 saturated carbocycles. The number of carbonyl (C=O) groups excluding carboxylic acids is 1. The van der Waals surface area contributed by atoms with E-state index in [0.29, 0.717) is 11.7 Å². The van der Waals surface area contributed by atoms with E-state index in [1.165, 1.54) is 0 Å². The first-order valence-corrected chi connectivity index (χ1v) is 7.05. The predicted octanol–water partition coefficient (Wildman–Crippen LogP) is 3.78. The second-order valence-electron chi connectivity index (χ2n) is 6.34. The van der Waals surface area contributed by atoms with Gasteiger partial charge in [0.15, 0.2) is 0 Å². The lowest BCUT2D eigenvalue weighted by molar-refractivity contribution is -0.123. The normalized spacial score (nSPS) is 15.6. The van der Waals surface area contributed by atoms with Crippen molar-refractivity contribution in [3.8, 4) is 0 Å². The van der Waals surface area contributed by atoms with Gasteiger partial charge in [0.05, 0.1) is 0 Å². The highest BCUT2D eigenvalue weighted by molar-refractivity contribution is 5.80. The molecule has 0 radical (unpaired) electrons. The molecule has 0 aromatic heterocycles. The number of ketones is 1. The average molecular weight is 241 g/mol. The summed E-state index contributed by atoms with van der Waals surface area (Å²) in [5.74, 6) is 1.22. The van der Waals surface area contributed by atoms with Gasteiger partial charge in [-0.3, -0.25) is 4.79 Å². The lowest BCUT2D eigenvalue weighted by atomic mass is 9.75. The van der Waals surface area contributed by atoms with E-state index in [1.54, 1.807) is 0 Å². The van der Waals surface area contributed by atoms with Crippen molar-refractivity contribution in [2.24, 2.45) is 23.0 Å². The molecular formula is C15H31NO. The molecule has 2 unspecified atom stereocenters. The molecule has 0 fully saturated rings. The fraction of sp³-hybridized carbons (Fsp3) is 0.933. The molecule has 0 aliphatic rings. The smallest absolute Gasteiger partial charge is 0.135 e. The molecule has 2 nitrogen and oxygen atoms in total. The first kappa shape index (κ1) is 16.6. The summed E-state index contributed by atoms with van der Waals surface area (Å²) in [7, 11) is 0. The van der Waals surface area contributed by atoms with Crippen LogP contribution in [0.2, 0.25) is 0 Å². The fourth-order valence-corrected chi connectivity index (χ4v) is 2.37. The zero-order valence-corrected chi connectivity index (χ0v) is 12.4.